The number of hydrogen-bond acceptors (Lipinski definition) is 4. The molecule has 25 heavy (non-hydrogen) atoms. The quantitative estimate of drug-likeness (QED) is 0.494. The summed E-state index contributed by atoms with van der Waals surface area (Å²) in [5.74, 6) is 1.50. The fourth-order valence-corrected chi connectivity index (χ4v) is 4.03. The van der Waals surface area contributed by atoms with Gasteiger partial charge in [0.15, 0.2) is 0 Å². The van der Waals surface area contributed by atoms with Crippen molar-refractivity contribution in [2.75, 3.05) is 11.9 Å². The first-order valence-corrected chi connectivity index (χ1v) is 8.62. The van der Waals surface area contributed by atoms with Gasteiger partial charge in [-0.15, -0.1) is 0 Å². The van der Waals surface area contributed by atoms with Crippen LogP contribution in [0.5, 0.6) is 5.75 Å². The van der Waals surface area contributed by atoms with E-state index in [2.05, 4.69) is 23.5 Å². The molecule has 5 heteroatoms. The molecule has 1 N–H and O–H groups in total. The number of rotatable bonds is 4. The lowest BCUT2D eigenvalue weighted by Gasteiger charge is -2.38. The summed E-state index contributed by atoms with van der Waals surface area (Å²) < 4.78 is 5.80. The first-order valence-electron chi connectivity index (χ1n) is 8.62. The third kappa shape index (κ3) is 2.65. The third-order valence-corrected chi connectivity index (χ3v) is 5.10. The van der Waals surface area contributed by atoms with Crippen molar-refractivity contribution in [1.29, 1.82) is 0 Å². The second-order valence-corrected chi connectivity index (χ2v) is 6.48. The molecule has 2 aromatic rings. The van der Waals surface area contributed by atoms with Gasteiger partial charge < -0.3 is 10.1 Å². The number of nitrogens with one attached hydrogen (secondary N) is 1. The summed E-state index contributed by atoms with van der Waals surface area (Å²) in [7, 11) is 0. The largest absolute Gasteiger partial charge is 0.492 e. The summed E-state index contributed by atoms with van der Waals surface area (Å²) in [4.78, 5) is 10.8. The van der Waals surface area contributed by atoms with Crippen LogP contribution in [0.3, 0.4) is 0 Å². The van der Waals surface area contributed by atoms with Crippen molar-refractivity contribution in [3.63, 3.8) is 0 Å². The number of para-hydroxylation sites is 1. The molecular formula is C20H20N2O3. The zero-order valence-electron chi connectivity index (χ0n) is 14.0. The highest BCUT2D eigenvalue weighted by atomic mass is 16.6. The topological polar surface area (TPSA) is 64.4 Å². The van der Waals surface area contributed by atoms with Crippen LogP contribution in [0.2, 0.25) is 0 Å². The van der Waals surface area contributed by atoms with Gasteiger partial charge in [0.25, 0.3) is 5.69 Å². The van der Waals surface area contributed by atoms with Crippen LogP contribution in [0.15, 0.2) is 54.6 Å². The highest BCUT2D eigenvalue weighted by Crippen LogP contribution is 2.52. The maximum atomic E-state index is 11.2. The van der Waals surface area contributed by atoms with Gasteiger partial charge in [-0.25, -0.2) is 0 Å². The molecule has 0 spiro atoms. The Balaban J connectivity index is 1.79. The van der Waals surface area contributed by atoms with E-state index in [0.29, 0.717) is 18.4 Å². The molecule has 0 aromatic heterocycles. The second-order valence-electron chi connectivity index (χ2n) is 6.48. The Hall–Kier alpha value is -2.82. The van der Waals surface area contributed by atoms with Gasteiger partial charge in [0.05, 0.1) is 23.3 Å². The lowest BCUT2D eigenvalue weighted by Crippen LogP contribution is -2.29. The molecule has 0 radical (unpaired) electrons. The molecule has 2 aromatic carbocycles. The highest BCUT2D eigenvalue weighted by Gasteiger charge is 2.39. The number of nitro benzene ring substituents is 1. The summed E-state index contributed by atoms with van der Waals surface area (Å²) in [6.07, 6.45) is 5.43. The number of nitrogens with zero attached hydrogens (tertiary/aromatic N) is 1. The molecule has 1 heterocycles. The Labute approximate surface area is 146 Å². The maximum absolute atomic E-state index is 11.2. The molecule has 0 saturated carbocycles. The molecule has 0 bridgehead atoms. The van der Waals surface area contributed by atoms with Crippen molar-refractivity contribution < 1.29 is 9.66 Å². The van der Waals surface area contributed by atoms with Crippen LogP contribution >= 0.6 is 0 Å². The SMILES string of the molecule is CCOc1cccc2c1N[C@H](c1cccc([N+](=O)[O-])c1)[C@H]1CC=C[C@H]21. The Morgan fingerprint density at radius 2 is 2.12 bits per heavy atom. The molecule has 1 aliphatic heterocycles. The van der Waals surface area contributed by atoms with Gasteiger partial charge in [0, 0.05) is 18.1 Å². The number of nitro groups is 1. The third-order valence-electron chi connectivity index (χ3n) is 5.10. The van der Waals surface area contributed by atoms with E-state index in [9.17, 15) is 10.1 Å². The summed E-state index contributed by atoms with van der Waals surface area (Å²) in [6.45, 7) is 2.57. The number of allylic oxidation sites excluding steroid dienone is 2. The van der Waals surface area contributed by atoms with Crippen LogP contribution in [0.4, 0.5) is 11.4 Å². The predicted molar refractivity (Wildman–Crippen MR) is 97.1 cm³/mol. The van der Waals surface area contributed by atoms with Crippen LogP contribution in [-0.2, 0) is 0 Å². The minimum Gasteiger partial charge on any atom is -0.492 e. The lowest BCUT2D eigenvalue weighted by molar-refractivity contribution is -0.384. The molecule has 0 unspecified atom stereocenters. The van der Waals surface area contributed by atoms with E-state index in [0.717, 1.165) is 23.4 Å². The average Bonchev–Trinajstić information content (AvgIpc) is 3.12. The zero-order valence-corrected chi connectivity index (χ0v) is 14.0. The Bertz CT molecular complexity index is 847. The molecule has 0 fully saturated rings. The molecular weight excluding hydrogens is 316 g/mol. The molecule has 0 saturated heterocycles. The lowest BCUT2D eigenvalue weighted by atomic mass is 9.77. The zero-order chi connectivity index (χ0) is 17.4. The van der Waals surface area contributed by atoms with Crippen LogP contribution in [0.1, 0.15) is 36.4 Å². The molecule has 128 valence electrons. The van der Waals surface area contributed by atoms with E-state index in [1.54, 1.807) is 12.1 Å². The molecule has 1 aliphatic carbocycles. The molecule has 4 rings (SSSR count). The van der Waals surface area contributed by atoms with Crippen LogP contribution in [0, 0.1) is 16.0 Å². The van der Waals surface area contributed by atoms with Crippen molar-refractivity contribution in [1.82, 2.24) is 0 Å². The van der Waals surface area contributed by atoms with Gasteiger partial charge in [-0.3, -0.25) is 10.1 Å². The standard InChI is InChI=1S/C20H20N2O3/c1-2-25-18-11-5-10-17-15-8-4-9-16(15)19(21-20(17)18)13-6-3-7-14(12-13)22(23)24/h3-8,10-12,15-16,19,21H,2,9H2,1H3/t15-,16-,19+/m0/s1. The van der Waals surface area contributed by atoms with Gasteiger partial charge in [0.2, 0.25) is 0 Å². The van der Waals surface area contributed by atoms with Crippen LogP contribution < -0.4 is 10.1 Å². The van der Waals surface area contributed by atoms with E-state index in [1.165, 1.54) is 11.6 Å². The summed E-state index contributed by atoms with van der Waals surface area (Å²) in [6, 6.07) is 13.1. The number of anilines is 1. The summed E-state index contributed by atoms with van der Waals surface area (Å²) >= 11 is 0. The van der Waals surface area contributed by atoms with E-state index >= 15 is 0 Å². The average molecular weight is 336 g/mol. The maximum Gasteiger partial charge on any atom is 0.269 e. The van der Waals surface area contributed by atoms with E-state index in [4.69, 9.17) is 4.74 Å². The van der Waals surface area contributed by atoms with E-state index < -0.39 is 0 Å². The van der Waals surface area contributed by atoms with Gasteiger partial charge in [-0.2, -0.15) is 0 Å². The molecule has 3 atom stereocenters. The Morgan fingerprint density at radius 3 is 2.92 bits per heavy atom. The summed E-state index contributed by atoms with van der Waals surface area (Å²) in [5.41, 5.74) is 3.33. The Morgan fingerprint density at radius 1 is 1.28 bits per heavy atom. The summed E-state index contributed by atoms with van der Waals surface area (Å²) in [5, 5.41) is 14.8. The number of ether oxygens (including phenoxy) is 1. The van der Waals surface area contributed by atoms with Gasteiger partial charge in [0.1, 0.15) is 5.75 Å². The molecule has 5 nitrogen and oxygen atoms in total. The number of non-ortho nitro benzene ring substituents is 1. The molecule has 0 amide bonds. The predicted octanol–water partition coefficient (Wildman–Crippen LogP) is 4.82. The fourth-order valence-electron chi connectivity index (χ4n) is 4.03. The van der Waals surface area contributed by atoms with Gasteiger partial charge >= 0.3 is 0 Å². The van der Waals surface area contributed by atoms with Gasteiger partial charge in [-0.1, -0.05) is 36.4 Å². The van der Waals surface area contributed by atoms with Gasteiger partial charge in [-0.05, 0) is 36.5 Å². The Kier molecular flexibility index (Phi) is 3.92. The van der Waals surface area contributed by atoms with Crippen molar-refractivity contribution >= 4 is 11.4 Å². The van der Waals surface area contributed by atoms with Crippen molar-refractivity contribution in [2.24, 2.45) is 5.92 Å². The van der Waals surface area contributed by atoms with Crippen molar-refractivity contribution in [2.45, 2.75) is 25.3 Å². The van der Waals surface area contributed by atoms with Crippen LogP contribution in [-0.4, -0.2) is 11.5 Å². The first-order chi connectivity index (χ1) is 12.2. The number of benzene rings is 2. The van der Waals surface area contributed by atoms with E-state index in [1.807, 2.05) is 25.1 Å². The normalized spacial score (nSPS) is 23.5. The smallest absolute Gasteiger partial charge is 0.269 e. The van der Waals surface area contributed by atoms with E-state index in [-0.39, 0.29) is 16.7 Å². The number of hydrogen-bond donors (Lipinski definition) is 1. The van der Waals surface area contributed by atoms with Crippen LogP contribution in [0.25, 0.3) is 0 Å². The monoisotopic (exact) mass is 336 g/mol. The fraction of sp³-hybridized carbons (Fsp3) is 0.300. The number of fused-ring (bicyclic) bond motifs is 3. The first kappa shape index (κ1) is 15.7. The minimum atomic E-state index is -0.337. The second kappa shape index (κ2) is 6.24. The molecule has 2 aliphatic rings. The highest BCUT2D eigenvalue weighted by molar-refractivity contribution is 5.67. The van der Waals surface area contributed by atoms with Crippen molar-refractivity contribution in [3.05, 3.63) is 75.9 Å². The minimum absolute atomic E-state index is 0.0222. The van der Waals surface area contributed by atoms with Crippen molar-refractivity contribution in [3.8, 4) is 5.75 Å².